The largest absolute Gasteiger partial charge is 0.348 e. The highest BCUT2D eigenvalue weighted by atomic mass is 16.7. The van der Waals surface area contributed by atoms with Crippen molar-refractivity contribution in [1.82, 2.24) is 0 Å². The van der Waals surface area contributed by atoms with Crippen LogP contribution in [0.2, 0.25) is 0 Å². The lowest BCUT2D eigenvalue weighted by Gasteiger charge is -2.32. The number of hydrogen-bond donors (Lipinski definition) is 0. The Morgan fingerprint density at radius 2 is 1.77 bits per heavy atom. The van der Waals surface area contributed by atoms with Crippen molar-refractivity contribution < 1.29 is 9.47 Å². The molecule has 2 nitrogen and oxygen atoms in total. The lowest BCUT2D eigenvalue weighted by molar-refractivity contribution is -0.171. The van der Waals surface area contributed by atoms with Crippen LogP contribution in [0.5, 0.6) is 0 Å². The molecule has 0 aromatic carbocycles. The zero-order valence-corrected chi connectivity index (χ0v) is 7.92. The molecule has 1 saturated heterocycles. The maximum absolute atomic E-state index is 5.63. The summed E-state index contributed by atoms with van der Waals surface area (Å²) in [7, 11) is 0. The van der Waals surface area contributed by atoms with Gasteiger partial charge in [0.25, 0.3) is 0 Å². The molecule has 0 amide bonds. The number of hydrogen-bond acceptors (Lipinski definition) is 2. The Balaban J connectivity index is 1.95. The van der Waals surface area contributed by atoms with Crippen molar-refractivity contribution in [3.05, 3.63) is 24.3 Å². The highest BCUT2D eigenvalue weighted by Crippen LogP contribution is 2.37. The highest BCUT2D eigenvalue weighted by molar-refractivity contribution is 5.13. The van der Waals surface area contributed by atoms with Crippen LogP contribution in [0.25, 0.3) is 0 Å². The second-order valence-electron chi connectivity index (χ2n) is 3.67. The highest BCUT2D eigenvalue weighted by Gasteiger charge is 2.38. The SMILES string of the molecule is C=CC=C1CCC2(CC1)OCCO2. The molecule has 13 heavy (non-hydrogen) atoms. The van der Waals surface area contributed by atoms with Crippen LogP contribution >= 0.6 is 0 Å². The number of ether oxygens (including phenoxy) is 2. The molecule has 2 fully saturated rings. The van der Waals surface area contributed by atoms with E-state index in [0.29, 0.717) is 0 Å². The molecule has 2 heteroatoms. The summed E-state index contributed by atoms with van der Waals surface area (Å²) in [6.45, 7) is 5.23. The minimum absolute atomic E-state index is 0.224. The zero-order valence-electron chi connectivity index (χ0n) is 7.92. The van der Waals surface area contributed by atoms with Gasteiger partial charge in [0.15, 0.2) is 5.79 Å². The van der Waals surface area contributed by atoms with Gasteiger partial charge in [0.1, 0.15) is 0 Å². The molecule has 72 valence electrons. The van der Waals surface area contributed by atoms with Gasteiger partial charge in [0.05, 0.1) is 13.2 Å². The van der Waals surface area contributed by atoms with Crippen LogP contribution in [0, 0.1) is 0 Å². The van der Waals surface area contributed by atoms with Crippen LogP contribution in [0.1, 0.15) is 25.7 Å². The second kappa shape index (κ2) is 3.64. The van der Waals surface area contributed by atoms with Crippen LogP contribution in [0.15, 0.2) is 24.3 Å². The fourth-order valence-corrected chi connectivity index (χ4v) is 2.07. The molecule has 2 rings (SSSR count). The summed E-state index contributed by atoms with van der Waals surface area (Å²) in [5.74, 6) is -0.224. The zero-order chi connectivity index (χ0) is 9.15. The lowest BCUT2D eigenvalue weighted by Crippen LogP contribution is -2.33. The molecule has 0 aromatic rings. The van der Waals surface area contributed by atoms with Crippen LogP contribution in [0.4, 0.5) is 0 Å². The van der Waals surface area contributed by atoms with Crippen molar-refractivity contribution in [2.45, 2.75) is 31.5 Å². The molecule has 0 radical (unpaired) electrons. The normalized spacial score (nSPS) is 26.3. The molecule has 1 aliphatic carbocycles. The maximum atomic E-state index is 5.63. The second-order valence-corrected chi connectivity index (χ2v) is 3.67. The van der Waals surface area contributed by atoms with E-state index in [2.05, 4.69) is 12.7 Å². The molecule has 2 aliphatic rings. The number of allylic oxidation sites excluding steroid dienone is 3. The summed E-state index contributed by atoms with van der Waals surface area (Å²) >= 11 is 0. The first-order chi connectivity index (χ1) is 6.35. The van der Waals surface area contributed by atoms with Gasteiger partial charge in [-0.3, -0.25) is 0 Å². The van der Waals surface area contributed by atoms with Gasteiger partial charge in [-0.05, 0) is 12.8 Å². The van der Waals surface area contributed by atoms with E-state index in [1.807, 2.05) is 6.08 Å². The van der Waals surface area contributed by atoms with Gasteiger partial charge in [-0.2, -0.15) is 0 Å². The molecule has 0 aromatic heterocycles. The van der Waals surface area contributed by atoms with Gasteiger partial charge in [0.2, 0.25) is 0 Å². The average molecular weight is 180 g/mol. The summed E-state index contributed by atoms with van der Waals surface area (Å²) < 4.78 is 11.3. The third kappa shape index (κ3) is 1.84. The van der Waals surface area contributed by atoms with E-state index in [0.717, 1.165) is 38.9 Å². The van der Waals surface area contributed by atoms with E-state index in [1.165, 1.54) is 5.57 Å². The maximum Gasteiger partial charge on any atom is 0.169 e. The Bertz CT molecular complexity index is 212. The quantitative estimate of drug-likeness (QED) is 0.617. The van der Waals surface area contributed by atoms with Crippen molar-refractivity contribution in [2.24, 2.45) is 0 Å². The van der Waals surface area contributed by atoms with Crippen molar-refractivity contribution in [2.75, 3.05) is 13.2 Å². The summed E-state index contributed by atoms with van der Waals surface area (Å²) in [6.07, 6.45) is 8.17. The Labute approximate surface area is 79.2 Å². The summed E-state index contributed by atoms with van der Waals surface area (Å²) in [6, 6.07) is 0. The minimum atomic E-state index is -0.224. The monoisotopic (exact) mass is 180 g/mol. The molecule has 1 heterocycles. The summed E-state index contributed by atoms with van der Waals surface area (Å²) in [4.78, 5) is 0. The first kappa shape index (κ1) is 8.97. The Morgan fingerprint density at radius 3 is 2.31 bits per heavy atom. The Hall–Kier alpha value is -0.600. The van der Waals surface area contributed by atoms with E-state index in [-0.39, 0.29) is 5.79 Å². The molecular formula is C11H16O2. The van der Waals surface area contributed by atoms with Crippen molar-refractivity contribution >= 4 is 0 Å². The van der Waals surface area contributed by atoms with E-state index in [9.17, 15) is 0 Å². The first-order valence-corrected chi connectivity index (χ1v) is 4.93. The van der Waals surface area contributed by atoms with Crippen molar-refractivity contribution in [3.63, 3.8) is 0 Å². The average Bonchev–Trinajstić information content (AvgIpc) is 2.59. The van der Waals surface area contributed by atoms with Gasteiger partial charge in [-0.25, -0.2) is 0 Å². The molecule has 1 saturated carbocycles. The molecule has 0 N–H and O–H groups in total. The van der Waals surface area contributed by atoms with E-state index >= 15 is 0 Å². The minimum Gasteiger partial charge on any atom is -0.348 e. The molecule has 1 spiro atoms. The fraction of sp³-hybridized carbons (Fsp3) is 0.636. The number of rotatable bonds is 1. The van der Waals surface area contributed by atoms with Crippen LogP contribution in [-0.4, -0.2) is 19.0 Å². The van der Waals surface area contributed by atoms with Crippen LogP contribution < -0.4 is 0 Å². The summed E-state index contributed by atoms with van der Waals surface area (Å²) in [5, 5.41) is 0. The van der Waals surface area contributed by atoms with Crippen molar-refractivity contribution in [3.8, 4) is 0 Å². The summed E-state index contributed by atoms with van der Waals surface area (Å²) in [5.41, 5.74) is 1.47. The van der Waals surface area contributed by atoms with Gasteiger partial charge in [0, 0.05) is 12.8 Å². The van der Waals surface area contributed by atoms with Gasteiger partial charge < -0.3 is 9.47 Å². The van der Waals surface area contributed by atoms with E-state index < -0.39 is 0 Å². The van der Waals surface area contributed by atoms with Gasteiger partial charge >= 0.3 is 0 Å². The first-order valence-electron chi connectivity index (χ1n) is 4.93. The van der Waals surface area contributed by atoms with Gasteiger partial charge in [-0.15, -0.1) is 0 Å². The molecule has 1 aliphatic heterocycles. The third-order valence-corrected chi connectivity index (χ3v) is 2.82. The standard InChI is InChI=1S/C11H16O2/c1-2-3-10-4-6-11(7-5-10)12-8-9-13-11/h2-3H,1,4-9H2. The molecular weight excluding hydrogens is 164 g/mol. The van der Waals surface area contributed by atoms with Crippen molar-refractivity contribution in [1.29, 1.82) is 0 Å². The molecule has 0 bridgehead atoms. The molecule has 0 unspecified atom stereocenters. The smallest absolute Gasteiger partial charge is 0.169 e. The van der Waals surface area contributed by atoms with Gasteiger partial charge in [-0.1, -0.05) is 24.3 Å². The predicted molar refractivity (Wildman–Crippen MR) is 51.4 cm³/mol. The van der Waals surface area contributed by atoms with Crippen LogP contribution in [0.3, 0.4) is 0 Å². The Morgan fingerprint density at radius 1 is 1.15 bits per heavy atom. The van der Waals surface area contributed by atoms with E-state index in [4.69, 9.17) is 9.47 Å². The van der Waals surface area contributed by atoms with E-state index in [1.54, 1.807) is 0 Å². The lowest BCUT2D eigenvalue weighted by atomic mass is 9.89. The third-order valence-electron chi connectivity index (χ3n) is 2.82. The Kier molecular flexibility index (Phi) is 2.51. The fourth-order valence-electron chi connectivity index (χ4n) is 2.07. The topological polar surface area (TPSA) is 18.5 Å². The molecule has 0 atom stereocenters. The predicted octanol–water partition coefficient (Wildman–Crippen LogP) is 2.42. The van der Waals surface area contributed by atoms with Crippen LogP contribution in [-0.2, 0) is 9.47 Å².